The van der Waals surface area contributed by atoms with Crippen molar-refractivity contribution in [2.75, 3.05) is 0 Å². The fourth-order valence-electron chi connectivity index (χ4n) is 15.7. The number of nitrogens with zero attached hydrogens (tertiary/aromatic N) is 5. The van der Waals surface area contributed by atoms with Crippen molar-refractivity contribution >= 4 is 49.4 Å². The van der Waals surface area contributed by atoms with Crippen molar-refractivity contribution in [1.29, 1.82) is 0 Å². The van der Waals surface area contributed by atoms with Gasteiger partial charge in [-0.2, -0.15) is 4.57 Å². The second-order valence-corrected chi connectivity index (χ2v) is 38.0. The number of aromatic nitrogens is 5. The van der Waals surface area contributed by atoms with Crippen molar-refractivity contribution < 1.29 is 90.4 Å². The minimum absolute atomic E-state index is 0. The Kier molecular flexibility index (Phi) is 44.3. The van der Waals surface area contributed by atoms with E-state index in [1.54, 1.807) is 30.5 Å². The minimum atomic E-state index is -0.530. The average molecular weight is 2270 g/mol. The third kappa shape index (κ3) is 31.6. The molecule has 0 saturated carbocycles. The maximum atomic E-state index is 9.47. The molecule has 8 aromatic carbocycles. The van der Waals surface area contributed by atoms with Crippen molar-refractivity contribution in [3.63, 3.8) is 0 Å². The van der Waals surface area contributed by atoms with E-state index in [0.717, 1.165) is 82.6 Å². The summed E-state index contributed by atoms with van der Waals surface area (Å²) in [5.74, 6) is 4.37. The fraction of sp³-hybridized carbons (Fsp3) is 0.388. The van der Waals surface area contributed by atoms with Crippen LogP contribution in [0.25, 0.3) is 94.4 Å². The molecule has 6 heterocycles. The molecule has 1 aliphatic rings. The van der Waals surface area contributed by atoms with Gasteiger partial charge in [0.1, 0.15) is 11.5 Å². The van der Waals surface area contributed by atoms with Crippen LogP contribution in [0.4, 0.5) is 0 Å². The monoisotopic (exact) mass is 2270 g/mol. The normalized spacial score (nSPS) is 12.0. The summed E-state index contributed by atoms with van der Waals surface area (Å²) in [6.07, 6.45) is 9.41. The van der Waals surface area contributed by atoms with Gasteiger partial charge in [-0.25, -0.2) is 0 Å². The molecule has 693 valence electrons. The molecule has 10 nitrogen and oxygen atoms in total. The molecule has 13 heteroatoms. The molecule has 13 aromatic rings. The molecular weight excluding hydrogens is 2120 g/mol. The van der Waals surface area contributed by atoms with Crippen molar-refractivity contribution in [2.24, 2.45) is 47.3 Å². The Morgan fingerprint density at radius 1 is 0.411 bits per heavy atom. The Hall–Kier alpha value is -8.96. The van der Waals surface area contributed by atoms with Gasteiger partial charge in [-0.1, -0.05) is 271 Å². The van der Waals surface area contributed by atoms with E-state index < -0.39 is 12.2 Å². The molecule has 2 atom stereocenters. The SMILES string of the molecule is C=C(O)c1ccccn1.CC(C)C(O)=CC(O)C(C)C.CC(C)CC(O)=CC(O)CC(C)C.Cc1[c-]c(-c2ccc3c(CC(C)C)cccc3n2)cc(C)c1C.Cc1[c-]c(-c2ccc3c(CC(C)C)cccc3n2)cc(C)c1C.Cc1[c-]c(-c2ccc3c(CC(C)C)cccc3n2)cc(C)c1C.Cc1cc2c(c(C)c1C)C[n+]1c-2ccc2c(CC(C)C)cccc21.[Ir].[Ir].[Ir]. The van der Waals surface area contributed by atoms with E-state index in [-0.39, 0.29) is 83.7 Å². The van der Waals surface area contributed by atoms with Gasteiger partial charge < -0.3 is 25.5 Å². The second-order valence-electron chi connectivity index (χ2n) is 38.0. The molecule has 5 N–H and O–H groups in total. The van der Waals surface area contributed by atoms with E-state index in [1.165, 1.54) is 139 Å². The summed E-state index contributed by atoms with van der Waals surface area (Å²) in [6, 6.07) is 68.5. The molecule has 0 spiro atoms. The standard InChI is InChI=1S/C23H26N.3C22H24N.C11H22O2.C9H18O2.C7H7NO.3Ir/c1-14(2)11-18-7-6-8-22-19(18)9-10-23-20-12-15(3)16(4)17(5)21(20)13-24(22)23;3*1-14(2)11-18-7-6-8-22-20(18)9-10-21(23-22)19-12-15(3)17(5)16(4)13-19;1-8(2)5-10(12)7-11(13)6-9(3)4;1-6(2)8(10)5-9(11)7(3)4;1-6(9)7-4-2-3-5-8-7;;;/h6-10,12,14H,11,13H2,1-5H3;3*6-10,12,14H,11H2,1-5H3;7-10,12-13H,5-6H2,1-4H3;5-8,10-11H,1-4H3;2-5,9H,1H2;;;/q+1;3*-1;;;;;;. The molecule has 0 saturated heterocycles. The van der Waals surface area contributed by atoms with Gasteiger partial charge in [0, 0.05) is 118 Å². The zero-order valence-corrected chi connectivity index (χ0v) is 89.4. The van der Waals surface area contributed by atoms with Crippen LogP contribution < -0.4 is 4.57 Å². The summed E-state index contributed by atoms with van der Waals surface area (Å²) in [7, 11) is 0. The van der Waals surface area contributed by atoms with Crippen LogP contribution >= 0.6 is 0 Å². The summed E-state index contributed by atoms with van der Waals surface area (Å²) >= 11 is 0. The van der Waals surface area contributed by atoms with Crippen LogP contribution in [0.1, 0.15) is 224 Å². The summed E-state index contributed by atoms with van der Waals surface area (Å²) in [4.78, 5) is 18.5. The van der Waals surface area contributed by atoms with E-state index in [2.05, 4.69) is 332 Å². The summed E-state index contributed by atoms with van der Waals surface area (Å²) in [6.45, 7) is 64.3. The zero-order chi connectivity index (χ0) is 92.8. The predicted molar refractivity (Wildman–Crippen MR) is 536 cm³/mol. The van der Waals surface area contributed by atoms with Gasteiger partial charge in [0.2, 0.25) is 11.2 Å². The van der Waals surface area contributed by atoms with Crippen molar-refractivity contribution in [3.05, 3.63) is 319 Å². The van der Waals surface area contributed by atoms with Crippen LogP contribution in [-0.4, -0.2) is 57.7 Å². The van der Waals surface area contributed by atoms with Gasteiger partial charge in [0.15, 0.2) is 6.54 Å². The molecule has 3 radical (unpaired) electrons. The number of hydrogen-bond donors (Lipinski definition) is 5. The van der Waals surface area contributed by atoms with Gasteiger partial charge in [0.05, 0.1) is 45.8 Å². The zero-order valence-electron chi connectivity index (χ0n) is 82.2. The first kappa shape index (κ1) is 111. The smallest absolute Gasteiger partial charge is 0.213 e. The summed E-state index contributed by atoms with van der Waals surface area (Å²) in [5, 5.41) is 51.4. The number of aliphatic hydroxyl groups is 5. The number of aryl methyl sites for hydroxylation is 7. The van der Waals surface area contributed by atoms with Gasteiger partial charge in [-0.15, -0.1) is 103 Å². The maximum absolute atomic E-state index is 9.47. The number of aliphatic hydroxyl groups excluding tert-OH is 5. The van der Waals surface area contributed by atoms with Crippen LogP contribution in [0.2, 0.25) is 0 Å². The Labute approximate surface area is 815 Å². The van der Waals surface area contributed by atoms with Crippen LogP contribution in [0.5, 0.6) is 0 Å². The van der Waals surface area contributed by atoms with E-state index in [0.29, 0.717) is 59.8 Å². The van der Waals surface area contributed by atoms with E-state index in [4.69, 9.17) is 20.1 Å². The second kappa shape index (κ2) is 51.7. The summed E-state index contributed by atoms with van der Waals surface area (Å²) < 4.78 is 2.51. The van der Waals surface area contributed by atoms with Crippen LogP contribution in [0, 0.1) is 149 Å². The molecule has 14 rings (SSSR count). The average Bonchev–Trinajstić information content (AvgIpc) is 1.59. The molecular formula is C116H145Ir3N5O5-2. The van der Waals surface area contributed by atoms with Crippen molar-refractivity contribution in [3.8, 4) is 45.0 Å². The van der Waals surface area contributed by atoms with Gasteiger partial charge in [-0.3, -0.25) is 19.9 Å². The van der Waals surface area contributed by atoms with E-state index in [1.807, 2.05) is 41.5 Å². The number of hydrogen-bond acceptors (Lipinski definition) is 9. The van der Waals surface area contributed by atoms with Gasteiger partial charge in [-0.05, 0) is 205 Å². The predicted octanol–water partition coefficient (Wildman–Crippen LogP) is 29.3. The quantitative estimate of drug-likeness (QED) is 0.0285. The van der Waals surface area contributed by atoms with Crippen LogP contribution in [-0.2, 0) is 92.5 Å². The first-order valence-corrected chi connectivity index (χ1v) is 45.7. The number of benzene rings is 8. The number of allylic oxidation sites excluding steroid dienone is 2. The molecule has 0 fully saturated rings. The first-order valence-electron chi connectivity index (χ1n) is 45.7. The van der Waals surface area contributed by atoms with E-state index >= 15 is 0 Å². The van der Waals surface area contributed by atoms with Crippen LogP contribution in [0.15, 0.2) is 200 Å². The fourth-order valence-corrected chi connectivity index (χ4v) is 15.7. The first-order chi connectivity index (χ1) is 59.5. The molecule has 0 aliphatic carbocycles. The molecule has 0 amide bonds. The Morgan fingerprint density at radius 2 is 0.791 bits per heavy atom. The summed E-state index contributed by atoms with van der Waals surface area (Å²) in [5.41, 5.74) is 37.0. The number of fused-ring (bicyclic) bond motifs is 8. The van der Waals surface area contributed by atoms with E-state index in [9.17, 15) is 20.4 Å². The Bertz CT molecular complexity index is 5520. The Morgan fingerprint density at radius 3 is 1.12 bits per heavy atom. The Balaban J connectivity index is 0.000000272. The molecule has 1 aliphatic heterocycles. The maximum Gasteiger partial charge on any atom is 0.213 e. The molecule has 129 heavy (non-hydrogen) atoms. The largest absolute Gasteiger partial charge is 0.513 e. The third-order valence-corrected chi connectivity index (χ3v) is 23.7. The topological polar surface area (TPSA) is 157 Å². The number of pyridine rings is 5. The van der Waals surface area contributed by atoms with Gasteiger partial charge >= 0.3 is 0 Å². The molecule has 2 unspecified atom stereocenters. The van der Waals surface area contributed by atoms with Crippen LogP contribution in [0.3, 0.4) is 0 Å². The van der Waals surface area contributed by atoms with Crippen molar-refractivity contribution in [1.82, 2.24) is 19.9 Å². The minimum Gasteiger partial charge on any atom is -0.513 e. The molecule has 0 bridgehead atoms. The van der Waals surface area contributed by atoms with Crippen molar-refractivity contribution in [2.45, 2.75) is 251 Å². The number of rotatable bonds is 20. The van der Waals surface area contributed by atoms with Gasteiger partial charge in [0.25, 0.3) is 0 Å². The third-order valence-electron chi connectivity index (χ3n) is 23.7. The molecule has 5 aromatic heterocycles.